The molecule has 1 aliphatic rings. The molecule has 0 aromatic heterocycles. The van der Waals surface area contributed by atoms with E-state index in [1.807, 2.05) is 18.7 Å². The summed E-state index contributed by atoms with van der Waals surface area (Å²) in [4.78, 5) is 26.7. The standard InChI is InChI=1S/C15H28N2O2/c1-7-15(8-2)13(19)17(10-9-12(18)16-15)11(3)14(4,5)6/h11H,7-10H2,1-6H3,(H,16,18). The highest BCUT2D eigenvalue weighted by Gasteiger charge is 2.44. The normalized spacial score (nSPS) is 21.9. The lowest BCUT2D eigenvalue weighted by Gasteiger charge is -2.41. The Kier molecular flexibility index (Phi) is 4.64. The number of amides is 2. The second-order valence-electron chi connectivity index (χ2n) is 6.63. The molecule has 0 aliphatic carbocycles. The lowest BCUT2D eigenvalue weighted by molar-refractivity contribution is -0.142. The van der Waals surface area contributed by atoms with Crippen LogP contribution in [0.5, 0.6) is 0 Å². The van der Waals surface area contributed by atoms with Gasteiger partial charge < -0.3 is 10.2 Å². The van der Waals surface area contributed by atoms with Crippen LogP contribution >= 0.6 is 0 Å². The van der Waals surface area contributed by atoms with E-state index < -0.39 is 5.54 Å². The first-order chi connectivity index (χ1) is 8.68. The van der Waals surface area contributed by atoms with Crippen LogP contribution in [0.4, 0.5) is 0 Å². The SMILES string of the molecule is CCC1(CC)NC(=O)CCN(C(C)C(C)(C)C)C1=O. The maximum absolute atomic E-state index is 12.9. The second-order valence-corrected chi connectivity index (χ2v) is 6.63. The summed E-state index contributed by atoms with van der Waals surface area (Å²) in [6.07, 6.45) is 1.68. The first kappa shape index (κ1) is 16.0. The largest absolute Gasteiger partial charge is 0.342 e. The Labute approximate surface area is 116 Å². The number of hydrogen-bond donors (Lipinski definition) is 1. The van der Waals surface area contributed by atoms with E-state index >= 15 is 0 Å². The van der Waals surface area contributed by atoms with Crippen molar-refractivity contribution < 1.29 is 9.59 Å². The highest BCUT2D eigenvalue weighted by molar-refractivity contribution is 5.93. The summed E-state index contributed by atoms with van der Waals surface area (Å²) in [5.41, 5.74) is -0.705. The van der Waals surface area contributed by atoms with Gasteiger partial charge in [0, 0.05) is 19.0 Å². The molecule has 1 unspecified atom stereocenters. The van der Waals surface area contributed by atoms with Crippen LogP contribution in [0.3, 0.4) is 0 Å². The van der Waals surface area contributed by atoms with Gasteiger partial charge in [0.2, 0.25) is 11.8 Å². The van der Waals surface area contributed by atoms with Gasteiger partial charge in [0.1, 0.15) is 5.54 Å². The van der Waals surface area contributed by atoms with Gasteiger partial charge in [-0.1, -0.05) is 34.6 Å². The highest BCUT2D eigenvalue weighted by Crippen LogP contribution is 2.29. The number of hydrogen-bond acceptors (Lipinski definition) is 2. The minimum atomic E-state index is -0.715. The van der Waals surface area contributed by atoms with E-state index in [0.717, 1.165) is 0 Å². The molecular weight excluding hydrogens is 240 g/mol. The molecule has 110 valence electrons. The maximum atomic E-state index is 12.9. The summed E-state index contributed by atoms with van der Waals surface area (Å²) in [6.45, 7) is 12.9. The van der Waals surface area contributed by atoms with Crippen LogP contribution in [-0.2, 0) is 9.59 Å². The molecule has 19 heavy (non-hydrogen) atoms. The summed E-state index contributed by atoms with van der Waals surface area (Å²) in [6, 6.07) is 0.116. The molecule has 0 aromatic carbocycles. The predicted octanol–water partition coefficient (Wildman–Crippen LogP) is 2.33. The molecule has 4 heteroatoms. The van der Waals surface area contributed by atoms with E-state index in [2.05, 4.69) is 33.0 Å². The zero-order valence-electron chi connectivity index (χ0n) is 13.2. The smallest absolute Gasteiger partial charge is 0.248 e. The summed E-state index contributed by atoms with van der Waals surface area (Å²) in [5.74, 6) is 0.0615. The van der Waals surface area contributed by atoms with Crippen molar-refractivity contribution in [1.29, 1.82) is 0 Å². The third-order valence-corrected chi connectivity index (χ3v) is 4.56. The van der Waals surface area contributed by atoms with Crippen LogP contribution in [0.25, 0.3) is 0 Å². The maximum Gasteiger partial charge on any atom is 0.248 e. The second kappa shape index (κ2) is 5.51. The third-order valence-electron chi connectivity index (χ3n) is 4.56. The average molecular weight is 268 g/mol. The molecule has 0 radical (unpaired) electrons. The first-order valence-electron chi connectivity index (χ1n) is 7.30. The Balaban J connectivity index is 3.13. The van der Waals surface area contributed by atoms with Gasteiger partial charge in [-0.05, 0) is 25.2 Å². The number of carbonyl (C=O) groups excluding carboxylic acids is 2. The molecule has 1 saturated heterocycles. The van der Waals surface area contributed by atoms with E-state index in [0.29, 0.717) is 25.8 Å². The quantitative estimate of drug-likeness (QED) is 0.854. The predicted molar refractivity (Wildman–Crippen MR) is 76.7 cm³/mol. The Morgan fingerprint density at radius 1 is 1.26 bits per heavy atom. The molecule has 1 heterocycles. The molecule has 1 rings (SSSR count). The van der Waals surface area contributed by atoms with Crippen LogP contribution < -0.4 is 5.32 Å². The van der Waals surface area contributed by atoms with Crippen molar-refractivity contribution in [3.05, 3.63) is 0 Å². The van der Waals surface area contributed by atoms with E-state index in [4.69, 9.17) is 0 Å². The van der Waals surface area contributed by atoms with Gasteiger partial charge >= 0.3 is 0 Å². The van der Waals surface area contributed by atoms with Gasteiger partial charge in [-0.25, -0.2) is 0 Å². The van der Waals surface area contributed by atoms with Crippen molar-refractivity contribution in [2.45, 2.75) is 72.4 Å². The van der Waals surface area contributed by atoms with Crippen molar-refractivity contribution in [2.75, 3.05) is 6.54 Å². The lowest BCUT2D eigenvalue weighted by Crippen LogP contribution is -2.59. The first-order valence-corrected chi connectivity index (χ1v) is 7.30. The van der Waals surface area contributed by atoms with Crippen molar-refractivity contribution >= 4 is 11.8 Å². The molecule has 2 amide bonds. The molecule has 1 N–H and O–H groups in total. The van der Waals surface area contributed by atoms with Gasteiger partial charge in [-0.2, -0.15) is 0 Å². The summed E-state index contributed by atoms with van der Waals surface area (Å²) in [5, 5.41) is 2.95. The molecule has 4 nitrogen and oxygen atoms in total. The summed E-state index contributed by atoms with van der Waals surface area (Å²) >= 11 is 0. The lowest BCUT2D eigenvalue weighted by atomic mass is 9.84. The molecule has 1 aliphatic heterocycles. The van der Waals surface area contributed by atoms with Crippen molar-refractivity contribution in [3.63, 3.8) is 0 Å². The number of rotatable bonds is 3. The van der Waals surface area contributed by atoms with Crippen LogP contribution in [0.1, 0.15) is 60.8 Å². The molecular formula is C15H28N2O2. The Morgan fingerprint density at radius 3 is 2.21 bits per heavy atom. The monoisotopic (exact) mass is 268 g/mol. The zero-order chi connectivity index (χ0) is 14.8. The molecule has 1 atom stereocenters. The van der Waals surface area contributed by atoms with E-state index in [-0.39, 0.29) is 23.3 Å². The van der Waals surface area contributed by atoms with E-state index in [9.17, 15) is 9.59 Å². The van der Waals surface area contributed by atoms with Crippen LogP contribution in [-0.4, -0.2) is 34.8 Å². The van der Waals surface area contributed by atoms with Gasteiger partial charge in [-0.3, -0.25) is 9.59 Å². The molecule has 0 spiro atoms. The molecule has 1 fully saturated rings. The van der Waals surface area contributed by atoms with Gasteiger partial charge in [0.15, 0.2) is 0 Å². The fourth-order valence-corrected chi connectivity index (χ4v) is 2.55. The number of nitrogens with one attached hydrogen (secondary N) is 1. The Morgan fingerprint density at radius 2 is 1.79 bits per heavy atom. The molecule has 0 saturated carbocycles. The minimum Gasteiger partial charge on any atom is -0.342 e. The van der Waals surface area contributed by atoms with Crippen LogP contribution in [0.15, 0.2) is 0 Å². The van der Waals surface area contributed by atoms with Gasteiger partial charge in [0.05, 0.1) is 0 Å². The van der Waals surface area contributed by atoms with E-state index in [1.165, 1.54) is 0 Å². The topological polar surface area (TPSA) is 49.4 Å². The van der Waals surface area contributed by atoms with Crippen LogP contribution in [0.2, 0.25) is 0 Å². The Hall–Kier alpha value is -1.06. The van der Waals surface area contributed by atoms with Crippen molar-refractivity contribution in [2.24, 2.45) is 5.41 Å². The summed E-state index contributed by atoms with van der Waals surface area (Å²) < 4.78 is 0. The molecule has 0 aromatic rings. The number of carbonyl (C=O) groups is 2. The summed E-state index contributed by atoms with van der Waals surface area (Å²) in [7, 11) is 0. The zero-order valence-corrected chi connectivity index (χ0v) is 13.2. The van der Waals surface area contributed by atoms with Crippen molar-refractivity contribution in [1.82, 2.24) is 10.2 Å². The fourth-order valence-electron chi connectivity index (χ4n) is 2.55. The Bertz CT molecular complexity index is 354. The average Bonchev–Trinajstić information content (AvgIpc) is 2.45. The van der Waals surface area contributed by atoms with Crippen LogP contribution in [0, 0.1) is 5.41 Å². The third kappa shape index (κ3) is 3.10. The van der Waals surface area contributed by atoms with Crippen molar-refractivity contribution in [3.8, 4) is 0 Å². The van der Waals surface area contributed by atoms with Gasteiger partial charge in [0.25, 0.3) is 0 Å². The molecule has 0 bridgehead atoms. The number of nitrogens with zero attached hydrogens (tertiary/aromatic N) is 1. The highest BCUT2D eigenvalue weighted by atomic mass is 16.2. The van der Waals surface area contributed by atoms with E-state index in [1.54, 1.807) is 0 Å². The van der Waals surface area contributed by atoms with Gasteiger partial charge in [-0.15, -0.1) is 0 Å². The minimum absolute atomic E-state index is 0.0102. The fraction of sp³-hybridized carbons (Fsp3) is 0.867.